The number of hydrogen-bond acceptors (Lipinski definition) is 4. The fraction of sp³-hybridized carbons (Fsp3) is 0.0952. The van der Waals surface area contributed by atoms with Crippen LogP contribution in [0.15, 0.2) is 77.7 Å². The first-order valence-corrected chi connectivity index (χ1v) is 10.6. The number of carboxylic acids is 1. The van der Waals surface area contributed by atoms with E-state index in [1.54, 1.807) is 30.3 Å². The first-order chi connectivity index (χ1) is 14.5. The van der Waals surface area contributed by atoms with Gasteiger partial charge in [0.2, 0.25) is 0 Å². The van der Waals surface area contributed by atoms with Gasteiger partial charge < -0.3 is 9.90 Å². The number of benzene rings is 3. The maximum Gasteiger partial charge on any atom is 0.416 e. The van der Waals surface area contributed by atoms with Crippen LogP contribution in [-0.2, 0) is 22.7 Å². The van der Waals surface area contributed by atoms with E-state index in [2.05, 4.69) is 0 Å². The Hall–Kier alpha value is -3.04. The molecule has 0 heterocycles. The summed E-state index contributed by atoms with van der Waals surface area (Å²) >= 11 is 6.02. The van der Waals surface area contributed by atoms with Crippen LogP contribution in [0.3, 0.4) is 0 Å². The second-order valence-corrected chi connectivity index (χ2v) is 8.72. The Morgan fingerprint density at radius 3 is 2.26 bits per heavy atom. The zero-order chi connectivity index (χ0) is 22.8. The molecule has 0 aliphatic heterocycles. The fourth-order valence-corrected chi connectivity index (χ4v) is 4.80. The molecule has 0 fully saturated rings. The van der Waals surface area contributed by atoms with Gasteiger partial charge in [-0.2, -0.15) is 13.2 Å². The minimum absolute atomic E-state index is 0.256. The summed E-state index contributed by atoms with van der Waals surface area (Å²) < 4.78 is 67.3. The third-order valence-electron chi connectivity index (χ3n) is 4.37. The van der Waals surface area contributed by atoms with E-state index in [0.717, 1.165) is 34.6 Å². The minimum Gasteiger partial charge on any atom is -0.545 e. The van der Waals surface area contributed by atoms with E-state index in [1.807, 2.05) is 0 Å². The molecule has 0 aliphatic rings. The molecule has 0 amide bonds. The normalized spacial score (nSPS) is 11.9. The molecule has 0 radical (unpaired) electrons. The van der Waals surface area contributed by atoms with Crippen molar-refractivity contribution in [2.45, 2.75) is 17.6 Å². The predicted molar refractivity (Wildman–Crippen MR) is 107 cm³/mol. The second kappa shape index (κ2) is 8.60. The van der Waals surface area contributed by atoms with Crippen LogP contribution in [0.5, 0.6) is 0 Å². The number of carbonyl (C=O) groups excluding carboxylic acids is 1. The number of carboxylic acid groups (broad SMARTS) is 1. The summed E-state index contributed by atoms with van der Waals surface area (Å²) in [4.78, 5) is 10.6. The summed E-state index contributed by atoms with van der Waals surface area (Å²) in [5.74, 6) is -1.62. The topological polar surface area (TPSA) is 77.5 Å². The summed E-state index contributed by atoms with van der Waals surface area (Å²) in [5.41, 5.74) is -1.23. The quantitative estimate of drug-likeness (QED) is 0.545. The van der Waals surface area contributed by atoms with E-state index in [-0.39, 0.29) is 17.3 Å². The molecule has 3 rings (SSSR count). The van der Waals surface area contributed by atoms with E-state index < -0.39 is 38.2 Å². The van der Waals surface area contributed by atoms with Crippen LogP contribution >= 0.6 is 11.6 Å². The molecule has 0 bridgehead atoms. The molecule has 0 unspecified atom stereocenters. The van der Waals surface area contributed by atoms with Crippen LogP contribution < -0.4 is 9.41 Å². The SMILES string of the molecule is O=C([O-])c1ccc(Cl)c(S(=O)(=O)N(Cc2ccccc2)c2cccc(C(F)(F)F)c2)c1. The molecule has 3 aromatic rings. The monoisotopic (exact) mass is 468 g/mol. The Morgan fingerprint density at radius 2 is 1.65 bits per heavy atom. The van der Waals surface area contributed by atoms with Crippen molar-refractivity contribution >= 4 is 33.3 Å². The molecule has 0 saturated carbocycles. The van der Waals surface area contributed by atoms with Crippen LogP contribution in [0.25, 0.3) is 0 Å². The Kier molecular flexibility index (Phi) is 6.28. The van der Waals surface area contributed by atoms with Gasteiger partial charge in [0.25, 0.3) is 10.0 Å². The molecule has 0 aromatic heterocycles. The molecule has 31 heavy (non-hydrogen) atoms. The average molecular weight is 469 g/mol. The summed E-state index contributed by atoms with van der Waals surface area (Å²) in [5, 5.41) is 10.9. The van der Waals surface area contributed by atoms with Gasteiger partial charge >= 0.3 is 6.18 Å². The highest BCUT2D eigenvalue weighted by Gasteiger charge is 2.33. The Balaban J connectivity index is 2.19. The number of anilines is 1. The van der Waals surface area contributed by atoms with Crippen molar-refractivity contribution in [2.24, 2.45) is 0 Å². The van der Waals surface area contributed by atoms with Crippen LogP contribution in [0.1, 0.15) is 21.5 Å². The summed E-state index contributed by atoms with van der Waals surface area (Å²) in [6.45, 7) is -0.309. The van der Waals surface area contributed by atoms with Gasteiger partial charge in [-0.3, -0.25) is 4.31 Å². The van der Waals surface area contributed by atoms with Gasteiger partial charge in [-0.05, 0) is 41.5 Å². The molecular weight excluding hydrogens is 455 g/mol. The van der Waals surface area contributed by atoms with Gasteiger partial charge in [0.1, 0.15) is 4.90 Å². The summed E-state index contributed by atoms with van der Waals surface area (Å²) in [6.07, 6.45) is -4.69. The highest BCUT2D eigenvalue weighted by molar-refractivity contribution is 7.93. The summed E-state index contributed by atoms with van der Waals surface area (Å²) in [6, 6.07) is 15.0. The lowest BCUT2D eigenvalue weighted by atomic mass is 10.2. The van der Waals surface area contributed by atoms with Crippen molar-refractivity contribution in [2.75, 3.05) is 4.31 Å². The number of rotatable bonds is 6. The van der Waals surface area contributed by atoms with E-state index in [4.69, 9.17) is 11.6 Å². The minimum atomic E-state index is -4.69. The van der Waals surface area contributed by atoms with Crippen LogP contribution in [0, 0.1) is 0 Å². The van der Waals surface area contributed by atoms with Crippen molar-refractivity contribution < 1.29 is 31.5 Å². The third kappa shape index (κ3) is 5.00. The average Bonchev–Trinajstić information content (AvgIpc) is 2.72. The Bertz CT molecular complexity index is 1210. The van der Waals surface area contributed by atoms with E-state index in [0.29, 0.717) is 11.6 Å². The van der Waals surface area contributed by atoms with Gasteiger partial charge in [-0.1, -0.05) is 54.1 Å². The van der Waals surface area contributed by atoms with Gasteiger partial charge in [-0.25, -0.2) is 8.42 Å². The Morgan fingerprint density at radius 1 is 0.968 bits per heavy atom. The lowest BCUT2D eigenvalue weighted by Crippen LogP contribution is -2.31. The highest BCUT2D eigenvalue weighted by Crippen LogP contribution is 2.35. The first-order valence-electron chi connectivity index (χ1n) is 8.75. The van der Waals surface area contributed by atoms with Crippen molar-refractivity contribution in [1.29, 1.82) is 0 Å². The number of nitrogens with zero attached hydrogens (tertiary/aromatic N) is 1. The molecular formula is C21H14ClF3NO4S-. The molecule has 3 aromatic carbocycles. The number of sulfonamides is 1. The Labute approximate surface area is 181 Å². The van der Waals surface area contributed by atoms with Crippen molar-refractivity contribution in [1.82, 2.24) is 0 Å². The third-order valence-corrected chi connectivity index (χ3v) is 6.62. The van der Waals surface area contributed by atoms with Crippen molar-refractivity contribution in [3.8, 4) is 0 Å². The van der Waals surface area contributed by atoms with Crippen molar-refractivity contribution in [3.63, 3.8) is 0 Å². The first kappa shape index (κ1) is 22.6. The maximum atomic E-state index is 13.4. The molecule has 0 N–H and O–H groups in total. The van der Waals surface area contributed by atoms with Crippen molar-refractivity contribution in [3.05, 3.63) is 94.5 Å². The second-order valence-electron chi connectivity index (χ2n) is 6.48. The predicted octanol–water partition coefficient (Wildman–Crippen LogP) is 4.12. The number of alkyl halides is 3. The number of halogens is 4. The zero-order valence-electron chi connectivity index (χ0n) is 15.6. The lowest BCUT2D eigenvalue weighted by Gasteiger charge is -2.26. The van der Waals surface area contributed by atoms with Gasteiger partial charge in [0, 0.05) is 0 Å². The van der Waals surface area contributed by atoms with Crippen LogP contribution in [0.4, 0.5) is 18.9 Å². The standard InChI is InChI=1S/C21H15ClF3NO4S/c22-18-10-9-15(20(27)28)11-19(18)31(29,30)26(13-14-5-2-1-3-6-14)17-8-4-7-16(12-17)21(23,24)25/h1-12H,13H2,(H,27,28)/p-1. The lowest BCUT2D eigenvalue weighted by molar-refractivity contribution is -0.255. The largest absolute Gasteiger partial charge is 0.545 e. The highest BCUT2D eigenvalue weighted by atomic mass is 35.5. The van der Waals surface area contributed by atoms with Crippen LogP contribution in [-0.4, -0.2) is 14.4 Å². The zero-order valence-corrected chi connectivity index (χ0v) is 17.2. The molecule has 10 heteroatoms. The summed E-state index contributed by atoms with van der Waals surface area (Å²) in [7, 11) is -4.56. The molecule has 0 saturated heterocycles. The van der Waals surface area contributed by atoms with Gasteiger partial charge in [0.05, 0.1) is 28.8 Å². The van der Waals surface area contributed by atoms with Crippen LogP contribution in [0.2, 0.25) is 5.02 Å². The van der Waals surface area contributed by atoms with E-state index in [1.165, 1.54) is 6.07 Å². The van der Waals surface area contributed by atoms with Gasteiger partial charge in [0.15, 0.2) is 0 Å². The fourth-order valence-electron chi connectivity index (χ4n) is 2.85. The maximum absolute atomic E-state index is 13.4. The molecule has 0 spiro atoms. The molecule has 0 atom stereocenters. The number of carbonyl (C=O) groups is 1. The molecule has 5 nitrogen and oxygen atoms in total. The molecule has 0 aliphatic carbocycles. The van der Waals surface area contributed by atoms with E-state index in [9.17, 15) is 31.5 Å². The number of aromatic carboxylic acids is 1. The van der Waals surface area contributed by atoms with Gasteiger partial charge in [-0.15, -0.1) is 0 Å². The number of hydrogen-bond donors (Lipinski definition) is 0. The smallest absolute Gasteiger partial charge is 0.416 e. The molecule has 162 valence electrons. The van der Waals surface area contributed by atoms with E-state index >= 15 is 0 Å².